The van der Waals surface area contributed by atoms with Crippen molar-refractivity contribution in [1.29, 1.82) is 0 Å². The van der Waals surface area contributed by atoms with E-state index in [1.165, 1.54) is 10.6 Å². The van der Waals surface area contributed by atoms with Gasteiger partial charge in [-0.15, -0.1) is 0 Å². The molecule has 0 aliphatic carbocycles. The predicted molar refractivity (Wildman–Crippen MR) is 132 cm³/mol. The number of nitrogens with one attached hydrogen (secondary N) is 1. The molecule has 1 aliphatic rings. The first-order valence-corrected chi connectivity index (χ1v) is 12.9. The summed E-state index contributed by atoms with van der Waals surface area (Å²) in [5.41, 5.74) is 4.00. The number of hydrogen-bond acceptors (Lipinski definition) is 5. The fourth-order valence-corrected chi connectivity index (χ4v) is 4.56. The standard InChI is InChI=1S/C26H28N2O5S/c1-18-8-13-22(14-19(18)2)28(34(3,30)31)16-20-9-11-21(12-10-20)26(29)27-15-23-17-32-24-6-4-5-7-25(24)33-23/h4-14,23H,15-17H2,1-3H3,(H,27,29). The van der Waals surface area contributed by atoms with Crippen molar-refractivity contribution in [3.05, 3.63) is 89.0 Å². The van der Waals surface area contributed by atoms with Crippen LogP contribution in [0.1, 0.15) is 27.0 Å². The van der Waals surface area contributed by atoms with E-state index in [2.05, 4.69) is 5.32 Å². The number of ether oxygens (including phenoxy) is 2. The molecule has 4 rings (SSSR count). The highest BCUT2D eigenvalue weighted by Crippen LogP contribution is 2.30. The summed E-state index contributed by atoms with van der Waals surface area (Å²) in [4.78, 5) is 12.6. The van der Waals surface area contributed by atoms with Crippen LogP contribution in [0.25, 0.3) is 0 Å². The van der Waals surface area contributed by atoms with E-state index in [1.54, 1.807) is 30.3 Å². The van der Waals surface area contributed by atoms with Crippen molar-refractivity contribution in [3.8, 4) is 11.5 Å². The molecule has 0 radical (unpaired) electrons. The number of carbonyl (C=O) groups is 1. The number of sulfonamides is 1. The lowest BCUT2D eigenvalue weighted by molar-refractivity contribution is 0.0789. The Balaban J connectivity index is 1.39. The zero-order valence-electron chi connectivity index (χ0n) is 19.4. The first kappa shape index (κ1) is 23.6. The lowest BCUT2D eigenvalue weighted by Crippen LogP contribution is -2.40. The van der Waals surface area contributed by atoms with Crippen LogP contribution < -0.4 is 19.1 Å². The molecule has 8 heteroatoms. The molecule has 1 N–H and O–H groups in total. The van der Waals surface area contributed by atoms with E-state index in [0.29, 0.717) is 35.9 Å². The predicted octanol–water partition coefficient (Wildman–Crippen LogP) is 3.84. The largest absolute Gasteiger partial charge is 0.486 e. The number of nitrogens with zero attached hydrogens (tertiary/aromatic N) is 1. The molecule has 7 nitrogen and oxygen atoms in total. The summed E-state index contributed by atoms with van der Waals surface area (Å²) in [6.07, 6.45) is 0.916. The minimum atomic E-state index is -3.49. The number of fused-ring (bicyclic) bond motifs is 1. The van der Waals surface area contributed by atoms with Gasteiger partial charge in [0.1, 0.15) is 12.7 Å². The number of anilines is 1. The second kappa shape index (κ2) is 9.77. The van der Waals surface area contributed by atoms with E-state index in [-0.39, 0.29) is 18.6 Å². The van der Waals surface area contributed by atoms with Crippen molar-refractivity contribution in [3.63, 3.8) is 0 Å². The van der Waals surface area contributed by atoms with Gasteiger partial charge in [-0.25, -0.2) is 8.42 Å². The second-order valence-electron chi connectivity index (χ2n) is 8.44. The third-order valence-corrected chi connectivity index (χ3v) is 6.92. The van der Waals surface area contributed by atoms with Crippen LogP contribution in [0.4, 0.5) is 5.69 Å². The molecular formula is C26H28N2O5S. The normalized spacial score (nSPS) is 15.0. The average Bonchev–Trinajstić information content (AvgIpc) is 2.82. The molecule has 178 valence electrons. The monoisotopic (exact) mass is 480 g/mol. The number of rotatable bonds is 7. The molecule has 34 heavy (non-hydrogen) atoms. The molecule has 3 aromatic rings. The van der Waals surface area contributed by atoms with Crippen LogP contribution >= 0.6 is 0 Å². The van der Waals surface area contributed by atoms with Crippen molar-refractivity contribution in [2.45, 2.75) is 26.5 Å². The smallest absolute Gasteiger partial charge is 0.251 e. The number of para-hydroxylation sites is 2. The van der Waals surface area contributed by atoms with Crippen molar-refractivity contribution in [2.75, 3.05) is 23.7 Å². The van der Waals surface area contributed by atoms with Crippen molar-refractivity contribution in [1.82, 2.24) is 5.32 Å². The molecule has 0 fully saturated rings. The highest BCUT2D eigenvalue weighted by atomic mass is 32.2. The van der Waals surface area contributed by atoms with Gasteiger partial charge in [0.05, 0.1) is 25.0 Å². The minimum absolute atomic E-state index is 0.176. The lowest BCUT2D eigenvalue weighted by atomic mass is 10.1. The molecule has 1 amide bonds. The van der Waals surface area contributed by atoms with Crippen LogP contribution in [-0.4, -0.2) is 39.8 Å². The van der Waals surface area contributed by atoms with Gasteiger partial charge in [-0.3, -0.25) is 9.10 Å². The maximum absolute atomic E-state index is 12.6. The first-order chi connectivity index (χ1) is 16.2. The molecule has 0 saturated carbocycles. The Bertz CT molecular complexity index is 1290. The molecule has 1 aliphatic heterocycles. The molecule has 1 unspecified atom stereocenters. The van der Waals surface area contributed by atoms with E-state index in [0.717, 1.165) is 16.7 Å². The van der Waals surface area contributed by atoms with Crippen LogP contribution in [0.2, 0.25) is 0 Å². The first-order valence-electron chi connectivity index (χ1n) is 11.0. The number of carbonyl (C=O) groups excluding carboxylic acids is 1. The Morgan fingerprint density at radius 2 is 1.71 bits per heavy atom. The van der Waals surface area contributed by atoms with Gasteiger partial charge in [0.2, 0.25) is 10.0 Å². The average molecular weight is 481 g/mol. The molecular weight excluding hydrogens is 452 g/mol. The fourth-order valence-electron chi connectivity index (χ4n) is 3.68. The maximum atomic E-state index is 12.6. The number of amides is 1. The Hall–Kier alpha value is -3.52. The van der Waals surface area contributed by atoms with E-state index in [1.807, 2.05) is 50.2 Å². The van der Waals surface area contributed by atoms with Crippen molar-refractivity contribution in [2.24, 2.45) is 0 Å². The van der Waals surface area contributed by atoms with Gasteiger partial charge < -0.3 is 14.8 Å². The van der Waals surface area contributed by atoms with Crippen LogP contribution in [0, 0.1) is 13.8 Å². The van der Waals surface area contributed by atoms with Gasteiger partial charge in [0, 0.05) is 5.56 Å². The quantitative estimate of drug-likeness (QED) is 0.555. The summed E-state index contributed by atoms with van der Waals surface area (Å²) in [5, 5.41) is 2.87. The summed E-state index contributed by atoms with van der Waals surface area (Å²) in [5.74, 6) is 1.13. The van der Waals surface area contributed by atoms with Gasteiger partial charge in [0.15, 0.2) is 11.5 Å². The SMILES string of the molecule is Cc1ccc(N(Cc2ccc(C(=O)NCC3COc4ccccc4O3)cc2)S(C)(=O)=O)cc1C. The Morgan fingerprint density at radius 1 is 1.00 bits per heavy atom. The molecule has 0 aromatic heterocycles. The lowest BCUT2D eigenvalue weighted by Gasteiger charge is -2.26. The van der Waals surface area contributed by atoms with Crippen LogP contribution in [0.3, 0.4) is 0 Å². The fraction of sp³-hybridized carbons (Fsp3) is 0.269. The number of benzene rings is 3. The van der Waals surface area contributed by atoms with Gasteiger partial charge in [-0.05, 0) is 66.9 Å². The molecule has 0 bridgehead atoms. The minimum Gasteiger partial charge on any atom is -0.486 e. The third-order valence-electron chi connectivity index (χ3n) is 5.78. The number of hydrogen-bond donors (Lipinski definition) is 1. The van der Waals surface area contributed by atoms with Crippen LogP contribution in [0.5, 0.6) is 11.5 Å². The van der Waals surface area contributed by atoms with Crippen LogP contribution in [0.15, 0.2) is 66.7 Å². The van der Waals surface area contributed by atoms with Crippen molar-refractivity contribution >= 4 is 21.6 Å². The Morgan fingerprint density at radius 3 is 2.38 bits per heavy atom. The molecule has 0 saturated heterocycles. The highest BCUT2D eigenvalue weighted by Gasteiger charge is 2.22. The second-order valence-corrected chi connectivity index (χ2v) is 10.3. The summed E-state index contributed by atoms with van der Waals surface area (Å²) in [6.45, 7) is 4.78. The van der Waals surface area contributed by atoms with Gasteiger partial charge in [-0.2, -0.15) is 0 Å². The van der Waals surface area contributed by atoms with Crippen LogP contribution in [-0.2, 0) is 16.6 Å². The summed E-state index contributed by atoms with van der Waals surface area (Å²) < 4.78 is 37.8. The van der Waals surface area contributed by atoms with Gasteiger partial charge in [-0.1, -0.05) is 30.3 Å². The summed E-state index contributed by atoms with van der Waals surface area (Å²) >= 11 is 0. The van der Waals surface area contributed by atoms with E-state index < -0.39 is 10.0 Å². The van der Waals surface area contributed by atoms with Crippen molar-refractivity contribution < 1.29 is 22.7 Å². The Kier molecular flexibility index (Phi) is 6.79. The molecule has 1 heterocycles. The zero-order valence-corrected chi connectivity index (χ0v) is 20.3. The summed E-state index contributed by atoms with van der Waals surface area (Å²) in [7, 11) is -3.49. The van der Waals surface area contributed by atoms with E-state index in [4.69, 9.17) is 9.47 Å². The van der Waals surface area contributed by atoms with E-state index in [9.17, 15) is 13.2 Å². The molecule has 3 aromatic carbocycles. The molecule has 1 atom stereocenters. The summed E-state index contributed by atoms with van der Waals surface area (Å²) in [6, 6.07) is 19.9. The third kappa shape index (κ3) is 5.51. The van der Waals surface area contributed by atoms with Gasteiger partial charge in [0.25, 0.3) is 5.91 Å². The van der Waals surface area contributed by atoms with E-state index >= 15 is 0 Å². The highest BCUT2D eigenvalue weighted by molar-refractivity contribution is 7.92. The number of aryl methyl sites for hydroxylation is 2. The van der Waals surface area contributed by atoms with Gasteiger partial charge >= 0.3 is 0 Å². The maximum Gasteiger partial charge on any atom is 0.251 e. The Labute approximate surface area is 200 Å². The topological polar surface area (TPSA) is 84.9 Å². The zero-order chi connectivity index (χ0) is 24.3. The molecule has 0 spiro atoms.